The van der Waals surface area contributed by atoms with Gasteiger partial charge in [0, 0.05) is 13.0 Å². The second-order valence-electron chi connectivity index (χ2n) is 3.49. The van der Waals surface area contributed by atoms with E-state index < -0.39 is 0 Å². The second kappa shape index (κ2) is 4.70. The number of hydrogen-bond acceptors (Lipinski definition) is 3. The Morgan fingerprint density at radius 2 is 2.29 bits per heavy atom. The van der Waals surface area contributed by atoms with Gasteiger partial charge in [0.2, 0.25) is 5.91 Å². The minimum atomic E-state index is -0.0745. The van der Waals surface area contributed by atoms with Crippen molar-refractivity contribution in [3.63, 3.8) is 0 Å². The lowest BCUT2D eigenvalue weighted by Gasteiger charge is -2.28. The molecule has 0 atom stereocenters. The molecule has 1 aromatic rings. The maximum atomic E-state index is 11.8. The fourth-order valence-corrected chi connectivity index (χ4v) is 2.10. The predicted molar refractivity (Wildman–Crippen MR) is 68.9 cm³/mol. The predicted octanol–water partition coefficient (Wildman–Crippen LogP) is 1.82. The molecule has 0 saturated carbocycles. The number of benzene rings is 1. The SMILES string of the molecule is N#Cc1ccc(N2C(=O)CCNC2=S)cc1Cl. The van der Waals surface area contributed by atoms with Crippen LogP contribution in [0, 0.1) is 11.3 Å². The molecule has 6 heteroatoms. The fraction of sp³-hybridized carbons (Fsp3) is 0.182. The topological polar surface area (TPSA) is 56.1 Å². The number of anilines is 1. The molecule has 1 amide bonds. The Morgan fingerprint density at radius 3 is 2.88 bits per heavy atom. The number of nitrogens with one attached hydrogen (secondary N) is 1. The first-order valence-corrected chi connectivity index (χ1v) is 5.72. The summed E-state index contributed by atoms with van der Waals surface area (Å²) in [5.41, 5.74) is 0.954. The Hall–Kier alpha value is -1.64. The molecule has 1 aliphatic rings. The third kappa shape index (κ3) is 2.23. The first kappa shape index (κ1) is 11.8. The number of nitrogens with zero attached hydrogens (tertiary/aromatic N) is 2. The van der Waals surface area contributed by atoms with Crippen molar-refractivity contribution in [2.45, 2.75) is 6.42 Å². The Bertz CT molecular complexity index is 522. The van der Waals surface area contributed by atoms with Crippen molar-refractivity contribution < 1.29 is 4.79 Å². The lowest BCUT2D eigenvalue weighted by atomic mass is 10.2. The van der Waals surface area contributed by atoms with E-state index in [2.05, 4.69) is 5.32 Å². The number of nitriles is 1. The fourth-order valence-electron chi connectivity index (χ4n) is 1.58. The van der Waals surface area contributed by atoms with Gasteiger partial charge in [-0.05, 0) is 30.4 Å². The van der Waals surface area contributed by atoms with Gasteiger partial charge in [0.15, 0.2) is 5.11 Å². The van der Waals surface area contributed by atoms with Crippen LogP contribution in [0.4, 0.5) is 5.69 Å². The summed E-state index contributed by atoms with van der Waals surface area (Å²) in [6, 6.07) is 6.76. The largest absolute Gasteiger partial charge is 0.361 e. The first-order chi connectivity index (χ1) is 8.13. The minimum Gasteiger partial charge on any atom is -0.361 e. The van der Waals surface area contributed by atoms with Gasteiger partial charge in [-0.2, -0.15) is 5.26 Å². The number of amides is 1. The van der Waals surface area contributed by atoms with E-state index in [0.717, 1.165) is 0 Å². The standard InChI is InChI=1S/C11H8ClN3OS/c12-9-5-8(2-1-7(9)6-13)15-10(16)3-4-14-11(15)17/h1-2,5H,3-4H2,(H,14,17). The summed E-state index contributed by atoms with van der Waals surface area (Å²) in [7, 11) is 0. The molecular formula is C11H8ClN3OS. The van der Waals surface area contributed by atoms with Crippen LogP contribution in [-0.2, 0) is 4.79 Å². The van der Waals surface area contributed by atoms with Crippen molar-refractivity contribution >= 4 is 40.5 Å². The van der Waals surface area contributed by atoms with Crippen LogP contribution in [0.25, 0.3) is 0 Å². The highest BCUT2D eigenvalue weighted by atomic mass is 35.5. The minimum absolute atomic E-state index is 0.0745. The van der Waals surface area contributed by atoms with Crippen LogP contribution in [0.2, 0.25) is 5.02 Å². The maximum Gasteiger partial charge on any atom is 0.235 e. The van der Waals surface area contributed by atoms with E-state index in [1.165, 1.54) is 4.90 Å². The van der Waals surface area contributed by atoms with Gasteiger partial charge < -0.3 is 5.32 Å². The van der Waals surface area contributed by atoms with Gasteiger partial charge in [-0.25, -0.2) is 0 Å². The zero-order chi connectivity index (χ0) is 12.4. The van der Waals surface area contributed by atoms with Crippen LogP contribution in [0.5, 0.6) is 0 Å². The van der Waals surface area contributed by atoms with Crippen LogP contribution in [0.15, 0.2) is 18.2 Å². The van der Waals surface area contributed by atoms with Crippen molar-refractivity contribution in [3.8, 4) is 6.07 Å². The molecule has 0 spiro atoms. The number of halogens is 1. The summed E-state index contributed by atoms with van der Waals surface area (Å²) in [6.45, 7) is 0.554. The van der Waals surface area contributed by atoms with Gasteiger partial charge in [-0.3, -0.25) is 9.69 Å². The molecule has 0 aliphatic carbocycles. The summed E-state index contributed by atoms with van der Waals surface area (Å²) >= 11 is 11.0. The van der Waals surface area contributed by atoms with Crippen molar-refractivity contribution in [2.24, 2.45) is 0 Å². The lowest BCUT2D eigenvalue weighted by Crippen LogP contribution is -2.49. The molecule has 2 rings (SSSR count). The highest BCUT2D eigenvalue weighted by molar-refractivity contribution is 7.80. The number of carbonyl (C=O) groups excluding carboxylic acids is 1. The van der Waals surface area contributed by atoms with Crippen molar-refractivity contribution in [3.05, 3.63) is 28.8 Å². The van der Waals surface area contributed by atoms with Crippen molar-refractivity contribution in [1.29, 1.82) is 5.26 Å². The molecule has 1 aromatic carbocycles. The molecule has 1 heterocycles. The number of carbonyl (C=O) groups is 1. The third-order valence-corrected chi connectivity index (χ3v) is 3.04. The molecule has 0 radical (unpaired) electrons. The number of rotatable bonds is 1. The molecule has 1 saturated heterocycles. The molecule has 1 fully saturated rings. The van der Waals surface area contributed by atoms with E-state index >= 15 is 0 Å². The Balaban J connectivity index is 2.40. The molecule has 1 aliphatic heterocycles. The van der Waals surface area contributed by atoms with Crippen LogP contribution in [-0.4, -0.2) is 17.6 Å². The van der Waals surface area contributed by atoms with E-state index in [1.54, 1.807) is 18.2 Å². The molecule has 17 heavy (non-hydrogen) atoms. The summed E-state index contributed by atoms with van der Waals surface area (Å²) in [6.07, 6.45) is 0.387. The highest BCUT2D eigenvalue weighted by Gasteiger charge is 2.24. The molecule has 0 unspecified atom stereocenters. The molecule has 0 aromatic heterocycles. The molecule has 1 N–H and O–H groups in total. The molecule has 4 nitrogen and oxygen atoms in total. The van der Waals surface area contributed by atoms with E-state index in [4.69, 9.17) is 29.1 Å². The van der Waals surface area contributed by atoms with Gasteiger partial charge in [0.1, 0.15) is 6.07 Å². The van der Waals surface area contributed by atoms with Crippen LogP contribution >= 0.6 is 23.8 Å². The summed E-state index contributed by atoms with van der Waals surface area (Å²) < 4.78 is 0. The summed E-state index contributed by atoms with van der Waals surface area (Å²) in [5.74, 6) is -0.0745. The Labute approximate surface area is 109 Å². The quantitative estimate of drug-likeness (QED) is 0.787. The van der Waals surface area contributed by atoms with Gasteiger partial charge in [0.05, 0.1) is 16.3 Å². The van der Waals surface area contributed by atoms with Crippen LogP contribution < -0.4 is 10.2 Å². The average molecular weight is 266 g/mol. The van der Waals surface area contributed by atoms with E-state index in [1.807, 2.05) is 6.07 Å². The van der Waals surface area contributed by atoms with Crippen LogP contribution in [0.3, 0.4) is 0 Å². The first-order valence-electron chi connectivity index (χ1n) is 4.94. The average Bonchev–Trinajstić information content (AvgIpc) is 2.29. The molecule has 0 bridgehead atoms. The normalized spacial score (nSPS) is 15.4. The smallest absolute Gasteiger partial charge is 0.235 e. The molecule has 86 valence electrons. The second-order valence-corrected chi connectivity index (χ2v) is 4.28. The third-order valence-electron chi connectivity index (χ3n) is 2.40. The van der Waals surface area contributed by atoms with Crippen molar-refractivity contribution in [2.75, 3.05) is 11.4 Å². The number of thiocarbonyl (C=S) groups is 1. The van der Waals surface area contributed by atoms with Crippen LogP contribution in [0.1, 0.15) is 12.0 Å². The Kier molecular flexibility index (Phi) is 3.27. The molecular weight excluding hydrogens is 258 g/mol. The Morgan fingerprint density at radius 1 is 1.53 bits per heavy atom. The van der Waals surface area contributed by atoms with E-state index in [9.17, 15) is 4.79 Å². The van der Waals surface area contributed by atoms with E-state index in [-0.39, 0.29) is 5.91 Å². The van der Waals surface area contributed by atoms with E-state index in [0.29, 0.717) is 34.4 Å². The number of hydrogen-bond donors (Lipinski definition) is 1. The summed E-state index contributed by atoms with van der Waals surface area (Å²) in [5, 5.41) is 12.4. The van der Waals surface area contributed by atoms with Gasteiger partial charge >= 0.3 is 0 Å². The zero-order valence-electron chi connectivity index (χ0n) is 8.74. The van der Waals surface area contributed by atoms with Gasteiger partial charge in [-0.1, -0.05) is 11.6 Å². The summed E-state index contributed by atoms with van der Waals surface area (Å²) in [4.78, 5) is 13.2. The highest BCUT2D eigenvalue weighted by Crippen LogP contribution is 2.24. The lowest BCUT2D eigenvalue weighted by molar-refractivity contribution is -0.117. The van der Waals surface area contributed by atoms with Crippen molar-refractivity contribution in [1.82, 2.24) is 5.32 Å². The zero-order valence-corrected chi connectivity index (χ0v) is 10.3. The maximum absolute atomic E-state index is 11.8. The van der Waals surface area contributed by atoms with Gasteiger partial charge in [-0.15, -0.1) is 0 Å². The van der Waals surface area contributed by atoms with Gasteiger partial charge in [0.25, 0.3) is 0 Å². The monoisotopic (exact) mass is 265 g/mol.